The van der Waals surface area contributed by atoms with E-state index in [0.717, 1.165) is 61.1 Å². The average Bonchev–Trinajstić information content (AvgIpc) is 3.92. The molecule has 0 aliphatic heterocycles. The van der Waals surface area contributed by atoms with Crippen LogP contribution in [0.3, 0.4) is 0 Å². The molecule has 14 rings (SSSR count). The summed E-state index contributed by atoms with van der Waals surface area (Å²) in [6, 6.07) is 68.0. The summed E-state index contributed by atoms with van der Waals surface area (Å²) in [4.78, 5) is 11.1. The smallest absolute Gasteiger partial charge is 0.165 e. The maximum atomic E-state index is 5.63. The highest BCUT2D eigenvalue weighted by Crippen LogP contribution is 2.47. The predicted molar refractivity (Wildman–Crippen MR) is 246 cm³/mol. The quantitative estimate of drug-likeness (QED) is 0.169. The molecular formula is C54H31N5. The molecule has 0 bridgehead atoms. The van der Waals surface area contributed by atoms with Crippen LogP contribution in [-0.4, -0.2) is 23.5 Å². The van der Waals surface area contributed by atoms with Crippen molar-refractivity contribution in [2.45, 2.75) is 0 Å². The van der Waals surface area contributed by atoms with Crippen molar-refractivity contribution in [1.29, 1.82) is 0 Å². The van der Waals surface area contributed by atoms with Crippen LogP contribution in [0.5, 0.6) is 0 Å². The monoisotopic (exact) mass is 749 g/mol. The molecule has 0 spiro atoms. The summed E-state index contributed by atoms with van der Waals surface area (Å²) in [6.07, 6.45) is 0. The lowest BCUT2D eigenvalue weighted by Gasteiger charge is -2.15. The van der Waals surface area contributed by atoms with E-state index in [2.05, 4.69) is 202 Å². The van der Waals surface area contributed by atoms with Crippen LogP contribution in [0.2, 0.25) is 0 Å². The van der Waals surface area contributed by atoms with Gasteiger partial charge in [0.05, 0.1) is 49.7 Å². The molecule has 0 radical (unpaired) electrons. The molecule has 0 amide bonds. The summed E-state index contributed by atoms with van der Waals surface area (Å²) in [7, 11) is 0. The van der Waals surface area contributed by atoms with Gasteiger partial charge in [-0.05, 0) is 59.3 Å². The molecule has 5 nitrogen and oxygen atoms in total. The molecule has 9 aromatic carbocycles. The van der Waals surface area contributed by atoms with Gasteiger partial charge < -0.3 is 8.97 Å². The van der Waals surface area contributed by atoms with Crippen LogP contribution in [0, 0.1) is 0 Å². The Balaban J connectivity index is 1.20. The van der Waals surface area contributed by atoms with Crippen LogP contribution in [0.1, 0.15) is 0 Å². The Morgan fingerprint density at radius 2 is 0.966 bits per heavy atom. The molecule has 272 valence electrons. The van der Waals surface area contributed by atoms with Crippen LogP contribution in [0.25, 0.3) is 126 Å². The number of hydrogen-bond donors (Lipinski definition) is 0. The van der Waals surface area contributed by atoms with Gasteiger partial charge in [-0.3, -0.25) is 4.57 Å². The molecule has 0 unspecified atom stereocenters. The zero-order valence-corrected chi connectivity index (χ0v) is 31.6. The number of fused-ring (bicyclic) bond motifs is 12. The topological polar surface area (TPSA) is 40.1 Å². The summed E-state index contributed by atoms with van der Waals surface area (Å²) in [5.74, 6) is 0.819. The first-order valence-corrected chi connectivity index (χ1v) is 20.2. The lowest BCUT2D eigenvalue weighted by atomic mass is 10.0. The van der Waals surface area contributed by atoms with Crippen molar-refractivity contribution in [3.05, 3.63) is 188 Å². The highest BCUT2D eigenvalue weighted by atomic mass is 15.1. The summed E-state index contributed by atoms with van der Waals surface area (Å²) in [5.41, 5.74) is 13.0. The summed E-state index contributed by atoms with van der Waals surface area (Å²) >= 11 is 0. The van der Waals surface area contributed by atoms with E-state index in [1.807, 2.05) is 0 Å². The van der Waals surface area contributed by atoms with E-state index in [1.165, 1.54) is 65.2 Å². The maximum Gasteiger partial charge on any atom is 0.165 e. The van der Waals surface area contributed by atoms with Crippen LogP contribution < -0.4 is 0 Å². The maximum absolute atomic E-state index is 5.63. The lowest BCUT2D eigenvalue weighted by Crippen LogP contribution is -2.04. The number of benzene rings is 9. The fourth-order valence-electron chi connectivity index (χ4n) is 10.4. The molecule has 59 heavy (non-hydrogen) atoms. The Kier molecular flexibility index (Phi) is 5.96. The number of aromatic nitrogens is 5. The lowest BCUT2D eigenvalue weighted by molar-refractivity contribution is 1.08. The molecular weight excluding hydrogens is 719 g/mol. The minimum absolute atomic E-state index is 0.819. The van der Waals surface area contributed by atoms with Gasteiger partial charge in [0.15, 0.2) is 5.82 Å². The second-order valence-corrected chi connectivity index (χ2v) is 15.7. The molecule has 5 aromatic heterocycles. The normalized spacial score (nSPS) is 12.4. The first-order valence-electron chi connectivity index (χ1n) is 20.2. The SMILES string of the molecule is c1ccc(-c2nc3ccc4ccccc4c3nc2-n2c3cccc4c5cccc6c7c8c(ccc7n(c7cccc2c7c43)c56)c2ccccc2n8-c2ccccc2)cc1. The molecule has 0 N–H and O–H groups in total. The van der Waals surface area contributed by atoms with Gasteiger partial charge >= 0.3 is 0 Å². The van der Waals surface area contributed by atoms with E-state index in [-0.39, 0.29) is 0 Å². The molecule has 0 saturated heterocycles. The van der Waals surface area contributed by atoms with Gasteiger partial charge in [0, 0.05) is 54.3 Å². The first kappa shape index (κ1) is 31.1. The Hall–Kier alpha value is -8.02. The van der Waals surface area contributed by atoms with E-state index in [0.29, 0.717) is 0 Å². The largest absolute Gasteiger partial charge is 0.309 e. The summed E-state index contributed by atoms with van der Waals surface area (Å²) in [5, 5.41) is 12.1. The van der Waals surface area contributed by atoms with Crippen molar-refractivity contribution < 1.29 is 0 Å². The highest BCUT2D eigenvalue weighted by molar-refractivity contribution is 6.34. The standard InChI is InChI=1S/C54H31N5/c1-3-15-33(16-4-1)50-54(56-51-35-19-8-7-14-32(35)28-30-41(51)55-50)59-43-25-12-21-37-38-22-11-23-40-48-46(58(52(38)40)44-26-13-27-45(59)49(44)47(37)43)31-29-39-36-20-9-10-24-42(36)57(53(39)48)34-17-5-2-6-18-34/h1-31H. The Morgan fingerprint density at radius 1 is 0.339 bits per heavy atom. The summed E-state index contributed by atoms with van der Waals surface area (Å²) in [6.45, 7) is 0. The molecule has 0 atom stereocenters. The molecule has 0 aliphatic carbocycles. The van der Waals surface area contributed by atoms with Crippen LogP contribution in [0.15, 0.2) is 188 Å². The average molecular weight is 750 g/mol. The second-order valence-electron chi connectivity index (χ2n) is 15.7. The molecule has 14 aromatic rings. The van der Waals surface area contributed by atoms with Gasteiger partial charge in [-0.15, -0.1) is 0 Å². The van der Waals surface area contributed by atoms with Gasteiger partial charge in [-0.25, -0.2) is 9.97 Å². The highest BCUT2D eigenvalue weighted by Gasteiger charge is 2.26. The van der Waals surface area contributed by atoms with Crippen molar-refractivity contribution in [3.63, 3.8) is 0 Å². The predicted octanol–water partition coefficient (Wildman–Crippen LogP) is 13.8. The fraction of sp³-hybridized carbons (Fsp3) is 0. The van der Waals surface area contributed by atoms with Crippen LogP contribution in [-0.2, 0) is 0 Å². The first-order chi connectivity index (χ1) is 29.3. The zero-order chi connectivity index (χ0) is 38.3. The third-order valence-electron chi connectivity index (χ3n) is 12.7. The molecule has 0 aliphatic rings. The Labute approximate surface area is 336 Å². The summed E-state index contributed by atoms with van der Waals surface area (Å²) < 4.78 is 7.37. The molecule has 0 fully saturated rings. The number of rotatable bonds is 3. The van der Waals surface area contributed by atoms with Gasteiger partial charge in [-0.2, -0.15) is 0 Å². The second kappa shape index (κ2) is 11.3. The third-order valence-corrected chi connectivity index (χ3v) is 12.7. The Bertz CT molecular complexity index is 4060. The van der Waals surface area contributed by atoms with Crippen LogP contribution in [0.4, 0.5) is 0 Å². The Morgan fingerprint density at radius 3 is 1.85 bits per heavy atom. The van der Waals surface area contributed by atoms with E-state index in [4.69, 9.17) is 9.97 Å². The van der Waals surface area contributed by atoms with Gasteiger partial charge in [-0.1, -0.05) is 140 Å². The van der Waals surface area contributed by atoms with Crippen molar-refractivity contribution in [3.8, 4) is 22.8 Å². The third kappa shape index (κ3) is 3.98. The molecule has 0 saturated carbocycles. The number of nitrogens with zero attached hydrogens (tertiary/aromatic N) is 5. The zero-order valence-electron chi connectivity index (χ0n) is 31.6. The molecule has 5 heteroatoms. The van der Waals surface area contributed by atoms with Crippen LogP contribution >= 0.6 is 0 Å². The van der Waals surface area contributed by atoms with Gasteiger partial charge in [0.25, 0.3) is 0 Å². The van der Waals surface area contributed by atoms with E-state index in [9.17, 15) is 0 Å². The van der Waals surface area contributed by atoms with E-state index >= 15 is 0 Å². The van der Waals surface area contributed by atoms with E-state index in [1.54, 1.807) is 0 Å². The minimum atomic E-state index is 0.819. The van der Waals surface area contributed by atoms with E-state index < -0.39 is 0 Å². The van der Waals surface area contributed by atoms with Gasteiger partial charge in [0.2, 0.25) is 0 Å². The fourth-order valence-corrected chi connectivity index (χ4v) is 10.4. The number of para-hydroxylation sites is 3. The minimum Gasteiger partial charge on any atom is -0.309 e. The van der Waals surface area contributed by atoms with Gasteiger partial charge in [0.1, 0.15) is 5.69 Å². The number of hydrogen-bond acceptors (Lipinski definition) is 2. The molecule has 5 heterocycles. The van der Waals surface area contributed by atoms with Crippen molar-refractivity contribution >= 4 is 104 Å². The van der Waals surface area contributed by atoms with Crippen molar-refractivity contribution in [2.75, 3.05) is 0 Å². The van der Waals surface area contributed by atoms with Crippen molar-refractivity contribution in [1.82, 2.24) is 23.5 Å². The van der Waals surface area contributed by atoms with Crippen molar-refractivity contribution in [2.24, 2.45) is 0 Å².